The molecule has 50 valence electrons. The van der Waals surface area contributed by atoms with Crippen molar-refractivity contribution in [1.29, 1.82) is 0 Å². The lowest BCUT2D eigenvalue weighted by Crippen LogP contribution is -1.73. The highest BCUT2D eigenvalue weighted by Gasteiger charge is 1.83. The highest BCUT2D eigenvalue weighted by Crippen LogP contribution is 2.03. The van der Waals surface area contributed by atoms with Gasteiger partial charge >= 0.3 is 0 Å². The smallest absolute Gasteiger partial charge is 0.0267 e. The Bertz CT molecular complexity index is 56.3. The van der Waals surface area contributed by atoms with E-state index in [9.17, 15) is 0 Å². The summed E-state index contributed by atoms with van der Waals surface area (Å²) in [5.74, 6) is 0. The summed E-state index contributed by atoms with van der Waals surface area (Å²) < 4.78 is 14.4. The average molecular weight is 116 g/mol. The molecule has 0 rings (SSSR count). The van der Waals surface area contributed by atoms with E-state index in [4.69, 9.17) is 2.74 Å². The van der Waals surface area contributed by atoms with E-state index in [0.717, 1.165) is 19.3 Å². The van der Waals surface area contributed by atoms with Gasteiger partial charge in [0.25, 0.3) is 0 Å². The van der Waals surface area contributed by atoms with Crippen LogP contribution in [0.4, 0.5) is 0 Å². The molecule has 0 N–H and O–H groups in total. The van der Waals surface area contributed by atoms with Crippen molar-refractivity contribution in [3.63, 3.8) is 0 Å². The van der Waals surface area contributed by atoms with Crippen LogP contribution < -0.4 is 0 Å². The Balaban J connectivity index is 3.00. The molecule has 0 amide bonds. The zero-order valence-electron chi connectivity index (χ0n) is 7.82. The maximum Gasteiger partial charge on any atom is 0.0267 e. The zero-order valence-corrected chi connectivity index (χ0v) is 5.82. The third kappa shape index (κ3) is 6.00. The molecule has 0 heteroatoms. The Morgan fingerprint density at radius 1 is 1.25 bits per heavy atom. The Labute approximate surface area is 56.1 Å². The van der Waals surface area contributed by atoms with Crippen molar-refractivity contribution in [2.24, 2.45) is 0 Å². The van der Waals surface area contributed by atoms with Crippen molar-refractivity contribution in [2.45, 2.75) is 52.3 Å². The molecule has 0 aliphatic rings. The first-order valence-electron chi connectivity index (χ1n) is 4.81. The van der Waals surface area contributed by atoms with Gasteiger partial charge in [-0.3, -0.25) is 0 Å². The van der Waals surface area contributed by atoms with E-state index in [1.807, 2.05) is 0 Å². The van der Waals surface area contributed by atoms with Crippen LogP contribution in [0.2, 0.25) is 0 Å². The van der Waals surface area contributed by atoms with Crippen LogP contribution in [0.3, 0.4) is 0 Å². The average Bonchev–Trinajstić information content (AvgIpc) is 1.97. The van der Waals surface area contributed by atoms with Gasteiger partial charge in [0.1, 0.15) is 0 Å². The van der Waals surface area contributed by atoms with Gasteiger partial charge < -0.3 is 0 Å². The van der Waals surface area contributed by atoms with E-state index in [2.05, 4.69) is 6.92 Å². The predicted octanol–water partition coefficient (Wildman–Crippen LogP) is 3.37. The van der Waals surface area contributed by atoms with E-state index in [1.165, 1.54) is 12.8 Å². The standard InChI is InChI=1S/C8H18/c1-3-5-7-8-6-4-2/h3-8H2,1-2H3/i1D,7D. The predicted molar refractivity (Wildman–Crippen MR) is 39.1 cm³/mol. The van der Waals surface area contributed by atoms with Crippen molar-refractivity contribution in [1.82, 2.24) is 0 Å². The molecule has 0 heterocycles. The fraction of sp³-hybridized carbons (Fsp3) is 1.00. The first kappa shape index (κ1) is 4.84. The molecule has 1 atom stereocenters. The largest absolute Gasteiger partial charge is 0.0654 e. The first-order valence-corrected chi connectivity index (χ1v) is 3.52. The van der Waals surface area contributed by atoms with Crippen molar-refractivity contribution < 1.29 is 2.74 Å². The molecule has 1 unspecified atom stereocenters. The highest BCUT2D eigenvalue weighted by atomic mass is 13.9. The summed E-state index contributed by atoms with van der Waals surface area (Å²) in [6.45, 7) is 2.64. The molecule has 0 saturated carbocycles. The molecule has 0 nitrogen and oxygen atoms in total. The summed E-state index contributed by atoms with van der Waals surface area (Å²) in [4.78, 5) is 0. The van der Waals surface area contributed by atoms with Crippen molar-refractivity contribution in [3.8, 4) is 0 Å². The molecule has 0 aromatic rings. The number of unbranched alkanes of at least 4 members (excludes halogenated alkanes) is 1. The zero-order chi connectivity index (χ0) is 7.82. The second-order valence-corrected chi connectivity index (χ2v) is 2.07. The quantitative estimate of drug-likeness (QED) is 0.516. The molecule has 8 heavy (non-hydrogen) atoms. The van der Waals surface area contributed by atoms with Gasteiger partial charge in [0.2, 0.25) is 0 Å². The van der Waals surface area contributed by atoms with Gasteiger partial charge in [-0.15, -0.1) is 0 Å². The van der Waals surface area contributed by atoms with Crippen LogP contribution in [0.1, 0.15) is 55.1 Å². The summed E-state index contributed by atoms with van der Waals surface area (Å²) in [6, 6.07) is 0. The molecular weight excluding hydrogens is 96.1 g/mol. The lowest BCUT2D eigenvalue weighted by molar-refractivity contribution is 0.624. The molecule has 0 radical (unpaired) electrons. The van der Waals surface area contributed by atoms with E-state index in [-0.39, 0.29) is 6.40 Å². The Hall–Kier alpha value is 0. The van der Waals surface area contributed by atoms with Crippen LogP contribution in [0, 0.1) is 0 Å². The molecule has 0 aliphatic carbocycles. The third-order valence-corrected chi connectivity index (χ3v) is 1.17. The van der Waals surface area contributed by atoms with Gasteiger partial charge in [0.15, 0.2) is 0 Å². The summed E-state index contributed by atoms with van der Waals surface area (Å²) in [5, 5.41) is 0. The minimum atomic E-state index is 0.102. The van der Waals surface area contributed by atoms with Gasteiger partial charge in [-0.2, -0.15) is 0 Å². The molecule has 0 aliphatic heterocycles. The minimum Gasteiger partial charge on any atom is -0.0654 e. The molecule has 0 saturated heterocycles. The number of hydrogen-bond donors (Lipinski definition) is 0. The van der Waals surface area contributed by atoms with Crippen molar-refractivity contribution in [2.75, 3.05) is 0 Å². The van der Waals surface area contributed by atoms with Crippen molar-refractivity contribution >= 4 is 0 Å². The lowest BCUT2D eigenvalue weighted by Gasteiger charge is -1.93. The highest BCUT2D eigenvalue weighted by molar-refractivity contribution is 4.39. The van der Waals surface area contributed by atoms with E-state index in [0.29, 0.717) is 6.90 Å². The second kappa shape index (κ2) is 7.00. The number of hydrogen-bond acceptors (Lipinski definition) is 0. The van der Waals surface area contributed by atoms with E-state index < -0.39 is 0 Å². The third-order valence-electron chi connectivity index (χ3n) is 1.17. The SMILES string of the molecule is [2H]CCCC([2H])CCCC. The summed E-state index contributed by atoms with van der Waals surface area (Å²) in [7, 11) is 0. The second-order valence-electron chi connectivity index (χ2n) is 2.07. The van der Waals surface area contributed by atoms with Crippen LogP contribution in [0.15, 0.2) is 0 Å². The molecule has 0 bridgehead atoms. The maximum atomic E-state index is 7.50. The Morgan fingerprint density at radius 2 is 2.12 bits per heavy atom. The molecule has 0 aromatic carbocycles. The van der Waals surface area contributed by atoms with Gasteiger partial charge in [0, 0.05) is 2.74 Å². The van der Waals surface area contributed by atoms with Crippen LogP contribution in [-0.4, -0.2) is 0 Å². The monoisotopic (exact) mass is 116 g/mol. The lowest BCUT2D eigenvalue weighted by atomic mass is 10.1. The van der Waals surface area contributed by atoms with Crippen LogP contribution in [-0.2, 0) is 0 Å². The maximum absolute atomic E-state index is 7.50. The van der Waals surface area contributed by atoms with E-state index in [1.54, 1.807) is 0 Å². The minimum absolute atomic E-state index is 0.102. The van der Waals surface area contributed by atoms with Gasteiger partial charge in [-0.1, -0.05) is 52.3 Å². The summed E-state index contributed by atoms with van der Waals surface area (Å²) in [5.41, 5.74) is 0. The molecule has 0 spiro atoms. The van der Waals surface area contributed by atoms with Crippen molar-refractivity contribution in [3.05, 3.63) is 0 Å². The molecule has 0 aromatic heterocycles. The van der Waals surface area contributed by atoms with Gasteiger partial charge in [-0.05, 0) is 0 Å². The topological polar surface area (TPSA) is 0 Å². The summed E-state index contributed by atoms with van der Waals surface area (Å²) >= 11 is 0. The van der Waals surface area contributed by atoms with Gasteiger partial charge in [-0.25, -0.2) is 0 Å². The molecular formula is C8H18. The van der Waals surface area contributed by atoms with Crippen LogP contribution in [0.5, 0.6) is 0 Å². The normalized spacial score (nSPS) is 17.1. The number of rotatable bonds is 5. The van der Waals surface area contributed by atoms with Crippen LogP contribution >= 0.6 is 0 Å². The summed E-state index contributed by atoms with van der Waals surface area (Å²) in [6.07, 6.45) is 5.31. The van der Waals surface area contributed by atoms with E-state index >= 15 is 0 Å². The van der Waals surface area contributed by atoms with Gasteiger partial charge in [0.05, 0.1) is 0 Å². The first-order chi connectivity index (χ1) is 4.81. The molecule has 0 fully saturated rings. The fourth-order valence-electron chi connectivity index (χ4n) is 0.637. The Morgan fingerprint density at radius 3 is 2.75 bits per heavy atom. The van der Waals surface area contributed by atoms with Crippen LogP contribution in [0.25, 0.3) is 0 Å². The Kier molecular flexibility index (Phi) is 4.23. The fourth-order valence-corrected chi connectivity index (χ4v) is 0.637.